The summed E-state index contributed by atoms with van der Waals surface area (Å²) < 4.78 is 5.98. The van der Waals surface area contributed by atoms with Gasteiger partial charge in [-0.2, -0.15) is 5.10 Å². The number of ether oxygens (including phenoxy) is 1. The van der Waals surface area contributed by atoms with E-state index in [1.807, 2.05) is 0 Å². The molecule has 0 spiro atoms. The number of H-pyrrole nitrogens is 1. The van der Waals surface area contributed by atoms with Crippen LogP contribution < -0.4 is 5.32 Å². The number of benzene rings is 1. The van der Waals surface area contributed by atoms with E-state index >= 15 is 0 Å². The number of aromatic amines is 1. The fraction of sp³-hybridized carbons (Fsp3) is 0.154. The minimum absolute atomic E-state index is 0.244. The Balaban J connectivity index is 2.42. The number of rotatable bonds is 3. The molecule has 0 saturated heterocycles. The Bertz CT molecular complexity index is 713. The first-order valence-corrected chi connectivity index (χ1v) is 7.41. The molecular weight excluding hydrogens is 406 g/mol. The third kappa shape index (κ3) is 3.33. The number of anilines is 1. The van der Waals surface area contributed by atoms with Crippen LogP contribution in [0.4, 0.5) is 5.69 Å². The molecule has 2 aromatic rings. The van der Waals surface area contributed by atoms with Gasteiger partial charge in [0.25, 0.3) is 5.91 Å². The van der Waals surface area contributed by atoms with Crippen LogP contribution in [0.25, 0.3) is 0 Å². The molecule has 6 nitrogen and oxygen atoms in total. The molecule has 21 heavy (non-hydrogen) atoms. The van der Waals surface area contributed by atoms with Crippen LogP contribution in [0.15, 0.2) is 27.3 Å². The van der Waals surface area contributed by atoms with Crippen molar-refractivity contribution < 1.29 is 14.3 Å². The Morgan fingerprint density at radius 2 is 2.00 bits per heavy atom. The molecule has 0 radical (unpaired) electrons. The molecule has 1 aromatic carbocycles. The summed E-state index contributed by atoms with van der Waals surface area (Å²) in [6.07, 6.45) is 1.43. The molecule has 0 bridgehead atoms. The molecule has 0 aliphatic heterocycles. The van der Waals surface area contributed by atoms with Crippen LogP contribution in [0.5, 0.6) is 0 Å². The zero-order chi connectivity index (χ0) is 15.6. The van der Waals surface area contributed by atoms with Crippen molar-refractivity contribution in [2.24, 2.45) is 0 Å². The second-order valence-electron chi connectivity index (χ2n) is 4.16. The number of aromatic nitrogens is 2. The standard InChI is InChI=1S/C13H11Br2N3O3/c1-6-9(5-16-18-6)12(19)17-11-8(13(20)21-2)3-7(14)4-10(11)15/h3-5H,1-2H3,(H,16,18)(H,17,19). The number of carbonyl (C=O) groups excluding carboxylic acids is 2. The molecule has 0 aliphatic rings. The molecule has 0 aliphatic carbocycles. The molecule has 0 atom stereocenters. The van der Waals surface area contributed by atoms with Crippen LogP contribution in [0.1, 0.15) is 26.4 Å². The molecular formula is C13H11Br2N3O3. The van der Waals surface area contributed by atoms with Gasteiger partial charge in [-0.1, -0.05) is 15.9 Å². The van der Waals surface area contributed by atoms with Crippen molar-refractivity contribution in [3.8, 4) is 0 Å². The third-order valence-electron chi connectivity index (χ3n) is 2.77. The van der Waals surface area contributed by atoms with Gasteiger partial charge in [-0.05, 0) is 35.0 Å². The van der Waals surface area contributed by atoms with Crippen LogP contribution in [-0.2, 0) is 4.74 Å². The average molecular weight is 417 g/mol. The number of amides is 1. The summed E-state index contributed by atoms with van der Waals surface area (Å²) in [5.74, 6) is -0.911. The van der Waals surface area contributed by atoms with E-state index in [-0.39, 0.29) is 11.5 Å². The van der Waals surface area contributed by atoms with Gasteiger partial charge >= 0.3 is 5.97 Å². The number of methoxy groups -OCH3 is 1. The van der Waals surface area contributed by atoms with Gasteiger partial charge in [-0.15, -0.1) is 0 Å². The zero-order valence-electron chi connectivity index (χ0n) is 11.2. The van der Waals surface area contributed by atoms with E-state index in [1.165, 1.54) is 13.3 Å². The largest absolute Gasteiger partial charge is 0.465 e. The number of aryl methyl sites for hydroxylation is 1. The molecule has 2 N–H and O–H groups in total. The maximum absolute atomic E-state index is 12.2. The lowest BCUT2D eigenvalue weighted by Crippen LogP contribution is -2.16. The highest BCUT2D eigenvalue weighted by atomic mass is 79.9. The number of esters is 1. The maximum Gasteiger partial charge on any atom is 0.340 e. The number of nitrogens with one attached hydrogen (secondary N) is 2. The van der Waals surface area contributed by atoms with Crippen molar-refractivity contribution in [3.05, 3.63) is 44.1 Å². The monoisotopic (exact) mass is 415 g/mol. The van der Waals surface area contributed by atoms with Crippen molar-refractivity contribution in [3.63, 3.8) is 0 Å². The van der Waals surface area contributed by atoms with E-state index in [0.717, 1.165) is 0 Å². The van der Waals surface area contributed by atoms with E-state index in [1.54, 1.807) is 19.1 Å². The summed E-state index contributed by atoms with van der Waals surface area (Å²) >= 11 is 6.63. The Morgan fingerprint density at radius 3 is 2.57 bits per heavy atom. The second kappa shape index (κ2) is 6.40. The van der Waals surface area contributed by atoms with Crippen molar-refractivity contribution in [2.45, 2.75) is 6.92 Å². The summed E-state index contributed by atoms with van der Waals surface area (Å²) in [4.78, 5) is 24.1. The van der Waals surface area contributed by atoms with Gasteiger partial charge in [0.05, 0.1) is 30.1 Å². The minimum Gasteiger partial charge on any atom is -0.465 e. The van der Waals surface area contributed by atoms with E-state index in [4.69, 9.17) is 4.74 Å². The molecule has 1 amide bonds. The summed E-state index contributed by atoms with van der Waals surface area (Å²) in [6, 6.07) is 3.30. The minimum atomic E-state index is -0.545. The predicted molar refractivity (Wildman–Crippen MR) is 84.5 cm³/mol. The Kier molecular flexibility index (Phi) is 4.79. The highest BCUT2D eigenvalue weighted by Gasteiger charge is 2.20. The van der Waals surface area contributed by atoms with E-state index in [0.29, 0.717) is 25.9 Å². The lowest BCUT2D eigenvalue weighted by Gasteiger charge is -2.12. The predicted octanol–water partition coefficient (Wildman–Crippen LogP) is 3.28. The molecule has 0 unspecified atom stereocenters. The van der Waals surface area contributed by atoms with Crippen LogP contribution in [0, 0.1) is 6.92 Å². The Labute approximate surface area is 137 Å². The van der Waals surface area contributed by atoms with E-state index in [9.17, 15) is 9.59 Å². The highest BCUT2D eigenvalue weighted by Crippen LogP contribution is 2.31. The van der Waals surface area contributed by atoms with Gasteiger partial charge in [-0.3, -0.25) is 9.89 Å². The molecule has 0 fully saturated rings. The topological polar surface area (TPSA) is 84.1 Å². The number of hydrogen-bond acceptors (Lipinski definition) is 4. The quantitative estimate of drug-likeness (QED) is 0.752. The van der Waals surface area contributed by atoms with Crippen molar-refractivity contribution in [1.29, 1.82) is 0 Å². The SMILES string of the molecule is COC(=O)c1cc(Br)cc(Br)c1NC(=O)c1cn[nH]c1C. The molecule has 2 rings (SSSR count). The van der Waals surface area contributed by atoms with Gasteiger partial charge in [0.2, 0.25) is 0 Å². The maximum atomic E-state index is 12.2. The first-order valence-electron chi connectivity index (χ1n) is 5.82. The first-order chi connectivity index (χ1) is 9.93. The fourth-order valence-corrected chi connectivity index (χ4v) is 3.06. The second-order valence-corrected chi connectivity index (χ2v) is 5.93. The van der Waals surface area contributed by atoms with E-state index in [2.05, 4.69) is 47.4 Å². The molecule has 8 heteroatoms. The van der Waals surface area contributed by atoms with Crippen molar-refractivity contribution in [1.82, 2.24) is 10.2 Å². The third-order valence-corrected chi connectivity index (χ3v) is 3.86. The lowest BCUT2D eigenvalue weighted by atomic mass is 10.1. The summed E-state index contributed by atoms with van der Waals surface area (Å²) in [5.41, 5.74) is 1.63. The number of nitrogens with zero attached hydrogens (tertiary/aromatic N) is 1. The summed E-state index contributed by atoms with van der Waals surface area (Å²) in [5, 5.41) is 9.18. The van der Waals surface area contributed by atoms with Gasteiger partial charge in [-0.25, -0.2) is 4.79 Å². The molecule has 1 aromatic heterocycles. The highest BCUT2D eigenvalue weighted by molar-refractivity contribution is 9.11. The smallest absolute Gasteiger partial charge is 0.340 e. The van der Waals surface area contributed by atoms with Crippen molar-refractivity contribution in [2.75, 3.05) is 12.4 Å². The molecule has 1 heterocycles. The first kappa shape index (κ1) is 15.7. The van der Waals surface area contributed by atoms with Crippen LogP contribution in [0.3, 0.4) is 0 Å². The van der Waals surface area contributed by atoms with Gasteiger partial charge in [0, 0.05) is 14.6 Å². The molecule has 110 valence electrons. The van der Waals surface area contributed by atoms with Crippen molar-refractivity contribution >= 4 is 49.4 Å². The summed E-state index contributed by atoms with van der Waals surface area (Å²) in [6.45, 7) is 1.74. The average Bonchev–Trinajstić information content (AvgIpc) is 2.86. The number of halogens is 2. The lowest BCUT2D eigenvalue weighted by molar-refractivity contribution is 0.0602. The number of hydrogen-bond donors (Lipinski definition) is 2. The van der Waals surface area contributed by atoms with Gasteiger partial charge in [0.15, 0.2) is 0 Å². The zero-order valence-corrected chi connectivity index (χ0v) is 14.3. The summed E-state index contributed by atoms with van der Waals surface area (Å²) in [7, 11) is 1.28. The van der Waals surface area contributed by atoms with E-state index < -0.39 is 5.97 Å². The fourth-order valence-electron chi connectivity index (χ4n) is 1.73. The van der Waals surface area contributed by atoms with Crippen LogP contribution in [-0.4, -0.2) is 29.2 Å². The normalized spacial score (nSPS) is 10.3. The van der Waals surface area contributed by atoms with Gasteiger partial charge < -0.3 is 10.1 Å². The molecule has 0 saturated carbocycles. The Hall–Kier alpha value is -1.67. The van der Waals surface area contributed by atoms with Gasteiger partial charge in [0.1, 0.15) is 0 Å². The van der Waals surface area contributed by atoms with Crippen LogP contribution >= 0.6 is 31.9 Å². The van der Waals surface area contributed by atoms with Crippen LogP contribution in [0.2, 0.25) is 0 Å². The Morgan fingerprint density at radius 1 is 1.29 bits per heavy atom. The number of carbonyl (C=O) groups is 2.